The summed E-state index contributed by atoms with van der Waals surface area (Å²) in [6.07, 6.45) is 4.99. The number of hydrogen-bond donors (Lipinski definition) is 0. The van der Waals surface area contributed by atoms with Crippen molar-refractivity contribution in [2.75, 3.05) is 19.7 Å². The molecule has 5 heteroatoms. The third-order valence-corrected chi connectivity index (χ3v) is 5.44. The zero-order valence-electron chi connectivity index (χ0n) is 16.6. The molecular weight excluding hydrogens is 362 g/mol. The van der Waals surface area contributed by atoms with Crippen LogP contribution in [0.3, 0.4) is 0 Å². The van der Waals surface area contributed by atoms with Crippen molar-refractivity contribution in [3.8, 4) is 0 Å². The third kappa shape index (κ3) is 5.12. The number of benzene rings is 2. The minimum Gasteiger partial charge on any atom is -0.374 e. The van der Waals surface area contributed by atoms with Crippen LogP contribution in [0.4, 0.5) is 0 Å². The lowest BCUT2D eigenvalue weighted by atomic mass is 9.88. The van der Waals surface area contributed by atoms with E-state index in [-0.39, 0.29) is 17.9 Å². The summed E-state index contributed by atoms with van der Waals surface area (Å²) in [6.45, 7) is 2.69. The van der Waals surface area contributed by atoms with E-state index < -0.39 is 0 Å². The van der Waals surface area contributed by atoms with Crippen molar-refractivity contribution in [1.29, 1.82) is 0 Å². The zero-order valence-corrected chi connectivity index (χ0v) is 16.6. The van der Waals surface area contributed by atoms with Crippen LogP contribution in [0.15, 0.2) is 79.1 Å². The number of amides is 1. The normalized spacial score (nSPS) is 17.3. The Morgan fingerprint density at radius 2 is 1.72 bits per heavy atom. The number of carbonyl (C=O) groups is 1. The second-order valence-corrected chi connectivity index (χ2v) is 7.49. The van der Waals surface area contributed by atoms with Crippen molar-refractivity contribution >= 4 is 5.91 Å². The molecule has 4 rings (SSSR count). The molecule has 1 saturated heterocycles. The molecule has 0 aliphatic carbocycles. The molecule has 1 aliphatic heterocycles. The topological polar surface area (TPSA) is 47.4 Å². The van der Waals surface area contributed by atoms with Crippen LogP contribution in [-0.4, -0.2) is 46.4 Å². The lowest BCUT2D eigenvalue weighted by Gasteiger charge is -2.26. The molecule has 1 aromatic heterocycles. The van der Waals surface area contributed by atoms with E-state index in [2.05, 4.69) is 29.4 Å². The predicted molar refractivity (Wildman–Crippen MR) is 113 cm³/mol. The van der Waals surface area contributed by atoms with Gasteiger partial charge in [0.15, 0.2) is 0 Å². The van der Waals surface area contributed by atoms with Gasteiger partial charge in [-0.1, -0.05) is 60.7 Å². The first-order valence-corrected chi connectivity index (χ1v) is 10.3. The summed E-state index contributed by atoms with van der Waals surface area (Å²) in [6, 6.07) is 22.5. The van der Waals surface area contributed by atoms with Gasteiger partial charge in [-0.15, -0.1) is 0 Å². The van der Waals surface area contributed by atoms with Crippen LogP contribution in [0, 0.1) is 0 Å². The average molecular weight is 389 g/mol. The smallest absolute Gasteiger partial charge is 0.223 e. The van der Waals surface area contributed by atoms with Gasteiger partial charge in [-0.2, -0.15) is 5.10 Å². The molecule has 29 heavy (non-hydrogen) atoms. The van der Waals surface area contributed by atoms with Gasteiger partial charge >= 0.3 is 0 Å². The lowest BCUT2D eigenvalue weighted by molar-refractivity contribution is -0.132. The highest BCUT2D eigenvalue weighted by atomic mass is 16.5. The molecule has 0 radical (unpaired) electrons. The number of carbonyl (C=O) groups excluding carboxylic acids is 1. The average Bonchev–Trinajstić information content (AvgIpc) is 3.16. The second-order valence-electron chi connectivity index (χ2n) is 7.49. The molecule has 2 heterocycles. The van der Waals surface area contributed by atoms with Crippen LogP contribution >= 0.6 is 0 Å². The fourth-order valence-corrected chi connectivity index (χ4v) is 3.95. The molecule has 1 amide bonds. The van der Waals surface area contributed by atoms with Crippen molar-refractivity contribution < 1.29 is 9.53 Å². The maximum Gasteiger partial charge on any atom is 0.223 e. The molecular formula is C24H27N3O2. The van der Waals surface area contributed by atoms with E-state index in [4.69, 9.17) is 4.74 Å². The van der Waals surface area contributed by atoms with Gasteiger partial charge in [0, 0.05) is 44.4 Å². The molecule has 5 nitrogen and oxygen atoms in total. The summed E-state index contributed by atoms with van der Waals surface area (Å²) >= 11 is 0. The Labute approximate surface area is 171 Å². The minimum atomic E-state index is -0.0340. The van der Waals surface area contributed by atoms with Gasteiger partial charge in [-0.25, -0.2) is 0 Å². The number of ether oxygens (including phenoxy) is 1. The first kappa shape index (κ1) is 19.4. The van der Waals surface area contributed by atoms with Crippen molar-refractivity contribution in [2.24, 2.45) is 0 Å². The molecule has 2 aromatic carbocycles. The van der Waals surface area contributed by atoms with Crippen molar-refractivity contribution in [3.63, 3.8) is 0 Å². The second kappa shape index (κ2) is 9.52. The number of aromatic nitrogens is 2. The molecule has 0 unspecified atom stereocenters. The van der Waals surface area contributed by atoms with Crippen LogP contribution in [0.2, 0.25) is 0 Å². The number of hydrogen-bond acceptors (Lipinski definition) is 3. The van der Waals surface area contributed by atoms with Gasteiger partial charge in [0.25, 0.3) is 0 Å². The number of nitrogens with zero attached hydrogens (tertiary/aromatic N) is 3. The SMILES string of the molecule is O=C(CC(c1ccccc1)c1ccccc1)N1CCCO[C@H](Cn2cccn2)C1. The molecule has 150 valence electrons. The first-order valence-electron chi connectivity index (χ1n) is 10.3. The molecule has 1 aliphatic rings. The number of rotatable bonds is 6. The maximum absolute atomic E-state index is 13.3. The van der Waals surface area contributed by atoms with Crippen molar-refractivity contribution in [3.05, 3.63) is 90.3 Å². The molecule has 0 N–H and O–H groups in total. The van der Waals surface area contributed by atoms with E-state index >= 15 is 0 Å². The quantitative estimate of drug-likeness (QED) is 0.646. The van der Waals surface area contributed by atoms with E-state index in [1.807, 2.05) is 58.2 Å². The van der Waals surface area contributed by atoms with Crippen LogP contribution < -0.4 is 0 Å². The fourth-order valence-electron chi connectivity index (χ4n) is 3.95. The van der Waals surface area contributed by atoms with E-state index in [0.29, 0.717) is 26.1 Å². The van der Waals surface area contributed by atoms with E-state index in [9.17, 15) is 4.79 Å². The molecule has 0 bridgehead atoms. The van der Waals surface area contributed by atoms with Gasteiger partial charge in [0.2, 0.25) is 5.91 Å². The van der Waals surface area contributed by atoms with E-state index in [1.54, 1.807) is 6.20 Å². The molecule has 0 saturated carbocycles. The highest BCUT2D eigenvalue weighted by Gasteiger charge is 2.26. The van der Waals surface area contributed by atoms with Gasteiger partial charge < -0.3 is 9.64 Å². The summed E-state index contributed by atoms with van der Waals surface area (Å²) in [5.74, 6) is 0.234. The Hall–Kier alpha value is -2.92. The third-order valence-electron chi connectivity index (χ3n) is 5.44. The van der Waals surface area contributed by atoms with Crippen molar-refractivity contribution in [1.82, 2.24) is 14.7 Å². The first-order chi connectivity index (χ1) is 14.3. The summed E-state index contributed by atoms with van der Waals surface area (Å²) < 4.78 is 7.85. The Morgan fingerprint density at radius 3 is 2.34 bits per heavy atom. The molecule has 1 fully saturated rings. The van der Waals surface area contributed by atoms with Crippen LogP contribution in [-0.2, 0) is 16.1 Å². The molecule has 3 aromatic rings. The van der Waals surface area contributed by atoms with Gasteiger partial charge in [0.05, 0.1) is 12.6 Å². The zero-order chi connectivity index (χ0) is 19.9. The highest BCUT2D eigenvalue weighted by Crippen LogP contribution is 2.29. The van der Waals surface area contributed by atoms with Gasteiger partial charge in [-0.05, 0) is 23.6 Å². The molecule has 1 atom stereocenters. The van der Waals surface area contributed by atoms with Gasteiger partial charge in [0.1, 0.15) is 0 Å². The van der Waals surface area contributed by atoms with Crippen LogP contribution in [0.1, 0.15) is 29.9 Å². The van der Waals surface area contributed by atoms with Crippen LogP contribution in [0.25, 0.3) is 0 Å². The van der Waals surface area contributed by atoms with Gasteiger partial charge in [-0.3, -0.25) is 9.48 Å². The predicted octanol–water partition coefficient (Wildman–Crippen LogP) is 3.72. The lowest BCUT2D eigenvalue weighted by Crippen LogP contribution is -2.39. The van der Waals surface area contributed by atoms with E-state index in [1.165, 1.54) is 11.1 Å². The largest absolute Gasteiger partial charge is 0.374 e. The highest BCUT2D eigenvalue weighted by molar-refractivity contribution is 5.78. The van der Waals surface area contributed by atoms with Crippen LogP contribution in [0.5, 0.6) is 0 Å². The Kier molecular flexibility index (Phi) is 6.37. The Balaban J connectivity index is 1.49. The van der Waals surface area contributed by atoms with E-state index in [0.717, 1.165) is 13.0 Å². The fraction of sp³-hybridized carbons (Fsp3) is 0.333. The van der Waals surface area contributed by atoms with Crippen molar-refractivity contribution in [2.45, 2.75) is 31.4 Å². The standard InChI is InChI=1S/C24H27N3O2/c28-24(26-14-8-16-29-22(18-26)19-27-15-7-13-25-27)17-23(20-9-3-1-4-10-20)21-11-5-2-6-12-21/h1-7,9-13,15,22-23H,8,14,16-19H2/t22-/m0/s1. The Bertz CT molecular complexity index is 842. The summed E-state index contributed by atoms with van der Waals surface area (Å²) in [7, 11) is 0. The minimum absolute atomic E-state index is 0.0340. The molecule has 0 spiro atoms. The Morgan fingerprint density at radius 1 is 1.03 bits per heavy atom. The summed E-state index contributed by atoms with van der Waals surface area (Å²) in [4.78, 5) is 15.3. The monoisotopic (exact) mass is 389 g/mol. The summed E-state index contributed by atoms with van der Waals surface area (Å²) in [5, 5.41) is 4.27. The summed E-state index contributed by atoms with van der Waals surface area (Å²) in [5.41, 5.74) is 2.34. The maximum atomic E-state index is 13.3.